The zero-order chi connectivity index (χ0) is 14.8. The van der Waals surface area contributed by atoms with Gasteiger partial charge in [-0.2, -0.15) is 0 Å². The number of hydrogen-bond donors (Lipinski definition) is 2. The van der Waals surface area contributed by atoms with E-state index in [1.165, 1.54) is 0 Å². The van der Waals surface area contributed by atoms with Crippen molar-refractivity contribution in [3.8, 4) is 0 Å². The third-order valence-electron chi connectivity index (χ3n) is 3.35. The normalized spacial score (nSPS) is 14.2. The Balaban J connectivity index is 2.40. The molecule has 0 aliphatic rings. The minimum atomic E-state index is -1.47. The molecule has 0 spiro atoms. The zero-order valence-corrected chi connectivity index (χ0v) is 11.7. The number of hydrogen-bond acceptors (Lipinski definition) is 3. The maximum Gasteiger partial charge on any atom is 0.330 e. The largest absolute Gasteiger partial charge is 0.480 e. The van der Waals surface area contributed by atoms with Gasteiger partial charge in [-0.25, -0.2) is 9.78 Å². The number of aliphatic carboxylic acids is 1. The Morgan fingerprint density at radius 3 is 2.60 bits per heavy atom. The molecule has 0 aliphatic carbocycles. The number of nitrogens with zero attached hydrogens (tertiary/aromatic N) is 2. The van der Waals surface area contributed by atoms with Gasteiger partial charge in [-0.3, -0.25) is 0 Å². The van der Waals surface area contributed by atoms with E-state index >= 15 is 0 Å². The van der Waals surface area contributed by atoms with Gasteiger partial charge in [-0.15, -0.1) is 0 Å². The first-order valence-corrected chi connectivity index (χ1v) is 6.54. The van der Waals surface area contributed by atoms with E-state index in [9.17, 15) is 9.90 Å². The highest BCUT2D eigenvalue weighted by Crippen LogP contribution is 2.23. The molecule has 0 amide bonds. The molecule has 20 heavy (non-hydrogen) atoms. The maximum atomic E-state index is 11.7. The zero-order valence-electron chi connectivity index (χ0n) is 11.7. The molecule has 0 saturated carbocycles. The van der Waals surface area contributed by atoms with Gasteiger partial charge < -0.3 is 15.4 Å². The molecule has 1 aromatic carbocycles. The van der Waals surface area contributed by atoms with Crippen LogP contribution in [0, 0.1) is 0 Å². The van der Waals surface area contributed by atoms with Crippen LogP contribution in [0.1, 0.15) is 31.2 Å². The molecule has 0 radical (unpaired) electrons. The second-order valence-corrected chi connectivity index (χ2v) is 5.21. The quantitative estimate of drug-likeness (QED) is 0.872. The summed E-state index contributed by atoms with van der Waals surface area (Å²) in [6.45, 7) is 4.18. The SMILES string of the molecule is CC(C)c1nccn1CC(N)(C(=O)O)c1ccccc1. The smallest absolute Gasteiger partial charge is 0.330 e. The van der Waals surface area contributed by atoms with Crippen LogP contribution in [-0.2, 0) is 16.9 Å². The van der Waals surface area contributed by atoms with Gasteiger partial charge in [0.15, 0.2) is 5.54 Å². The van der Waals surface area contributed by atoms with Gasteiger partial charge in [0.25, 0.3) is 0 Å². The summed E-state index contributed by atoms with van der Waals surface area (Å²) in [6, 6.07) is 8.89. The van der Waals surface area contributed by atoms with Gasteiger partial charge >= 0.3 is 5.97 Å². The lowest BCUT2D eigenvalue weighted by atomic mass is 9.90. The van der Waals surface area contributed by atoms with Crippen molar-refractivity contribution in [2.45, 2.75) is 31.8 Å². The Labute approximate surface area is 118 Å². The third kappa shape index (κ3) is 2.58. The van der Waals surface area contributed by atoms with Crippen molar-refractivity contribution in [2.24, 2.45) is 5.73 Å². The Morgan fingerprint density at radius 1 is 1.40 bits per heavy atom. The number of carboxylic acid groups (broad SMARTS) is 1. The number of rotatable bonds is 5. The molecule has 3 N–H and O–H groups in total. The van der Waals surface area contributed by atoms with E-state index < -0.39 is 11.5 Å². The van der Waals surface area contributed by atoms with Crippen LogP contribution < -0.4 is 5.73 Å². The van der Waals surface area contributed by atoms with Crippen molar-refractivity contribution in [3.63, 3.8) is 0 Å². The summed E-state index contributed by atoms with van der Waals surface area (Å²) in [5, 5.41) is 9.56. The molecule has 1 atom stereocenters. The summed E-state index contributed by atoms with van der Waals surface area (Å²) in [5.74, 6) is -0.0112. The number of benzene rings is 1. The lowest BCUT2D eigenvalue weighted by Gasteiger charge is -2.27. The minimum Gasteiger partial charge on any atom is -0.480 e. The van der Waals surface area contributed by atoms with E-state index in [4.69, 9.17) is 5.73 Å². The minimum absolute atomic E-state index is 0.153. The second kappa shape index (κ2) is 5.46. The molecule has 0 aliphatic heterocycles. The lowest BCUT2D eigenvalue weighted by molar-refractivity contribution is -0.144. The molecule has 0 fully saturated rings. The number of nitrogens with two attached hydrogens (primary N) is 1. The molecule has 2 aromatic rings. The molecular weight excluding hydrogens is 254 g/mol. The topological polar surface area (TPSA) is 81.1 Å². The first-order valence-electron chi connectivity index (χ1n) is 6.54. The summed E-state index contributed by atoms with van der Waals surface area (Å²) in [7, 11) is 0. The molecule has 5 nitrogen and oxygen atoms in total. The third-order valence-corrected chi connectivity index (χ3v) is 3.35. The number of imidazole rings is 1. The van der Waals surface area contributed by atoms with Crippen molar-refractivity contribution >= 4 is 5.97 Å². The van der Waals surface area contributed by atoms with E-state index in [0.717, 1.165) is 5.82 Å². The molecule has 5 heteroatoms. The molecule has 1 unspecified atom stereocenters. The van der Waals surface area contributed by atoms with Crippen molar-refractivity contribution < 1.29 is 9.90 Å². The molecular formula is C15H19N3O2. The van der Waals surface area contributed by atoms with E-state index in [-0.39, 0.29) is 12.5 Å². The fourth-order valence-electron chi connectivity index (χ4n) is 2.24. The van der Waals surface area contributed by atoms with E-state index in [1.807, 2.05) is 24.5 Å². The molecule has 2 rings (SSSR count). The van der Waals surface area contributed by atoms with Crippen LogP contribution in [0.2, 0.25) is 0 Å². The van der Waals surface area contributed by atoms with Gasteiger partial charge in [-0.05, 0) is 5.56 Å². The standard InChI is InChI=1S/C15H19N3O2/c1-11(2)13-17-8-9-18(13)10-15(16,14(19)20)12-6-4-3-5-7-12/h3-9,11H,10,16H2,1-2H3,(H,19,20). The molecule has 0 bridgehead atoms. The first-order chi connectivity index (χ1) is 9.45. The van der Waals surface area contributed by atoms with Crippen LogP contribution in [0.5, 0.6) is 0 Å². The van der Waals surface area contributed by atoms with Gasteiger partial charge in [0.2, 0.25) is 0 Å². The average Bonchev–Trinajstić information content (AvgIpc) is 2.87. The highest BCUT2D eigenvalue weighted by molar-refractivity contribution is 5.80. The number of carbonyl (C=O) groups is 1. The summed E-state index contributed by atoms with van der Waals surface area (Å²) < 4.78 is 1.81. The fraction of sp³-hybridized carbons (Fsp3) is 0.333. The Bertz CT molecular complexity index is 592. The van der Waals surface area contributed by atoms with Crippen LogP contribution in [-0.4, -0.2) is 20.6 Å². The Hall–Kier alpha value is -2.14. The van der Waals surface area contributed by atoms with Crippen LogP contribution in [0.4, 0.5) is 0 Å². The molecule has 1 aromatic heterocycles. The van der Waals surface area contributed by atoms with Crippen molar-refractivity contribution in [3.05, 3.63) is 54.1 Å². The Kier molecular flexibility index (Phi) is 3.90. The summed E-state index contributed by atoms with van der Waals surface area (Å²) in [4.78, 5) is 15.9. The Morgan fingerprint density at radius 2 is 2.05 bits per heavy atom. The number of aromatic nitrogens is 2. The van der Waals surface area contributed by atoms with E-state index in [0.29, 0.717) is 5.56 Å². The average molecular weight is 273 g/mol. The first kappa shape index (κ1) is 14.3. The second-order valence-electron chi connectivity index (χ2n) is 5.21. The van der Waals surface area contributed by atoms with Gasteiger partial charge in [0, 0.05) is 18.3 Å². The van der Waals surface area contributed by atoms with Crippen LogP contribution in [0.15, 0.2) is 42.7 Å². The van der Waals surface area contributed by atoms with Crippen LogP contribution in [0.25, 0.3) is 0 Å². The highest BCUT2D eigenvalue weighted by atomic mass is 16.4. The van der Waals surface area contributed by atoms with Crippen molar-refractivity contribution in [2.75, 3.05) is 0 Å². The van der Waals surface area contributed by atoms with E-state index in [2.05, 4.69) is 4.98 Å². The van der Waals surface area contributed by atoms with E-state index in [1.54, 1.807) is 36.7 Å². The predicted molar refractivity (Wildman–Crippen MR) is 76.3 cm³/mol. The lowest BCUT2D eigenvalue weighted by Crippen LogP contribution is -2.48. The van der Waals surface area contributed by atoms with Crippen LogP contribution >= 0.6 is 0 Å². The summed E-state index contributed by atoms with van der Waals surface area (Å²) >= 11 is 0. The molecule has 0 saturated heterocycles. The summed E-state index contributed by atoms with van der Waals surface area (Å²) in [6.07, 6.45) is 3.44. The predicted octanol–water partition coefficient (Wildman–Crippen LogP) is 1.95. The monoisotopic (exact) mass is 273 g/mol. The fourth-order valence-corrected chi connectivity index (χ4v) is 2.24. The van der Waals surface area contributed by atoms with Gasteiger partial charge in [-0.1, -0.05) is 44.2 Å². The molecule has 106 valence electrons. The van der Waals surface area contributed by atoms with Crippen molar-refractivity contribution in [1.82, 2.24) is 9.55 Å². The van der Waals surface area contributed by atoms with Crippen LogP contribution in [0.3, 0.4) is 0 Å². The van der Waals surface area contributed by atoms with Gasteiger partial charge in [0.1, 0.15) is 5.82 Å². The molecule has 1 heterocycles. The highest BCUT2D eigenvalue weighted by Gasteiger charge is 2.37. The number of carboxylic acids is 1. The van der Waals surface area contributed by atoms with Gasteiger partial charge in [0.05, 0.1) is 6.54 Å². The van der Waals surface area contributed by atoms with Crippen molar-refractivity contribution in [1.29, 1.82) is 0 Å². The maximum absolute atomic E-state index is 11.7. The summed E-state index contributed by atoms with van der Waals surface area (Å²) in [5.41, 5.74) is 5.29.